The Balaban J connectivity index is 1.45. The number of aryl methyl sites for hydroxylation is 1. The lowest BCUT2D eigenvalue weighted by atomic mass is 10.2. The number of anilines is 1. The molecule has 3 heterocycles. The van der Waals surface area contributed by atoms with Gasteiger partial charge in [-0.2, -0.15) is 5.10 Å². The van der Waals surface area contributed by atoms with E-state index in [1.807, 2.05) is 31.2 Å². The molecule has 0 unspecified atom stereocenters. The number of nitrogens with one attached hydrogen (secondary N) is 3. The summed E-state index contributed by atoms with van der Waals surface area (Å²) in [5.74, 6) is 1.12. The number of hydrogen-bond acceptors (Lipinski definition) is 5. The maximum Gasteiger partial charge on any atom is 0.319 e. The second-order valence-corrected chi connectivity index (χ2v) is 6.76. The van der Waals surface area contributed by atoms with Crippen LogP contribution in [0.25, 0.3) is 17.2 Å². The summed E-state index contributed by atoms with van der Waals surface area (Å²) < 4.78 is 1.65. The van der Waals surface area contributed by atoms with Crippen molar-refractivity contribution in [1.29, 1.82) is 0 Å². The summed E-state index contributed by atoms with van der Waals surface area (Å²) in [6.45, 7) is 2.22. The number of nitrogens with zero attached hydrogens (tertiary/aromatic N) is 4. The minimum absolute atomic E-state index is 0.206. The molecule has 3 aromatic heterocycles. The third-order valence-corrected chi connectivity index (χ3v) is 4.58. The highest BCUT2D eigenvalue weighted by molar-refractivity contribution is 5.89. The molecule has 0 aliphatic carbocycles. The van der Waals surface area contributed by atoms with Gasteiger partial charge in [-0.25, -0.2) is 19.4 Å². The van der Waals surface area contributed by atoms with Gasteiger partial charge in [0.05, 0.1) is 0 Å². The maximum atomic E-state index is 12.4. The predicted molar refractivity (Wildman–Crippen MR) is 117 cm³/mol. The third-order valence-electron chi connectivity index (χ3n) is 4.58. The Labute approximate surface area is 178 Å². The van der Waals surface area contributed by atoms with Gasteiger partial charge >= 0.3 is 6.03 Å². The van der Waals surface area contributed by atoms with E-state index >= 15 is 0 Å². The number of rotatable bonds is 6. The van der Waals surface area contributed by atoms with Crippen molar-refractivity contribution in [3.63, 3.8) is 0 Å². The molecule has 0 fully saturated rings. The van der Waals surface area contributed by atoms with Crippen LogP contribution in [0.2, 0.25) is 0 Å². The van der Waals surface area contributed by atoms with Gasteiger partial charge in [0.25, 0.3) is 5.56 Å². The molecule has 1 aromatic carbocycles. The number of aromatic amines is 1. The highest BCUT2D eigenvalue weighted by Gasteiger charge is 2.09. The van der Waals surface area contributed by atoms with E-state index in [1.165, 1.54) is 6.07 Å². The first-order chi connectivity index (χ1) is 15.1. The predicted octanol–water partition coefficient (Wildman–Crippen LogP) is 2.90. The minimum atomic E-state index is -0.365. The van der Waals surface area contributed by atoms with Crippen LogP contribution in [-0.2, 0) is 13.0 Å². The number of carbonyl (C=O) groups is 1. The van der Waals surface area contributed by atoms with Gasteiger partial charge in [-0.3, -0.25) is 4.79 Å². The largest absolute Gasteiger partial charge is 0.334 e. The number of benzene rings is 1. The topological polar surface area (TPSA) is 118 Å². The SMILES string of the molecule is CCc1cc(=O)[nH]c(-c2cccc(NC(=O)NCc3cccnc3-n3cccn3)c2)n1. The van der Waals surface area contributed by atoms with Crippen LogP contribution in [0.4, 0.5) is 10.5 Å². The lowest BCUT2D eigenvalue weighted by Crippen LogP contribution is -2.28. The minimum Gasteiger partial charge on any atom is -0.334 e. The van der Waals surface area contributed by atoms with Crippen LogP contribution in [-0.4, -0.2) is 30.8 Å². The molecule has 0 aliphatic heterocycles. The van der Waals surface area contributed by atoms with E-state index < -0.39 is 0 Å². The molecule has 0 radical (unpaired) electrons. The molecule has 4 rings (SSSR count). The molecule has 0 atom stereocenters. The lowest BCUT2D eigenvalue weighted by molar-refractivity contribution is 0.251. The van der Waals surface area contributed by atoms with Crippen LogP contribution in [0.1, 0.15) is 18.2 Å². The summed E-state index contributed by atoms with van der Waals surface area (Å²) in [5.41, 5.74) is 2.62. The van der Waals surface area contributed by atoms with Crippen molar-refractivity contribution in [2.45, 2.75) is 19.9 Å². The van der Waals surface area contributed by atoms with E-state index in [4.69, 9.17) is 0 Å². The Morgan fingerprint density at radius 2 is 2.03 bits per heavy atom. The average molecular weight is 415 g/mol. The highest BCUT2D eigenvalue weighted by Crippen LogP contribution is 2.19. The number of amides is 2. The summed E-state index contributed by atoms with van der Waals surface area (Å²) in [5, 5.41) is 9.83. The van der Waals surface area contributed by atoms with Crippen molar-refractivity contribution in [1.82, 2.24) is 30.0 Å². The third kappa shape index (κ3) is 4.84. The molecule has 3 N–H and O–H groups in total. The number of carbonyl (C=O) groups excluding carboxylic acids is 1. The van der Waals surface area contributed by atoms with Crippen LogP contribution in [0, 0.1) is 0 Å². The lowest BCUT2D eigenvalue weighted by Gasteiger charge is -2.11. The van der Waals surface area contributed by atoms with Crippen LogP contribution < -0.4 is 16.2 Å². The van der Waals surface area contributed by atoms with Crippen molar-refractivity contribution in [2.75, 3.05) is 5.32 Å². The zero-order chi connectivity index (χ0) is 21.6. The van der Waals surface area contributed by atoms with Gasteiger partial charge in [0.15, 0.2) is 5.82 Å². The zero-order valence-electron chi connectivity index (χ0n) is 16.9. The first-order valence-corrected chi connectivity index (χ1v) is 9.82. The summed E-state index contributed by atoms with van der Waals surface area (Å²) in [7, 11) is 0. The van der Waals surface area contributed by atoms with Gasteiger partial charge in [-0.1, -0.05) is 25.1 Å². The van der Waals surface area contributed by atoms with Gasteiger partial charge in [0.1, 0.15) is 5.82 Å². The smallest absolute Gasteiger partial charge is 0.319 e. The Morgan fingerprint density at radius 1 is 1.13 bits per heavy atom. The van der Waals surface area contributed by atoms with Crippen molar-refractivity contribution in [3.05, 3.63) is 88.7 Å². The molecule has 4 aromatic rings. The summed E-state index contributed by atoms with van der Waals surface area (Å²) >= 11 is 0. The number of H-pyrrole nitrogens is 1. The highest BCUT2D eigenvalue weighted by atomic mass is 16.2. The van der Waals surface area contributed by atoms with Gasteiger partial charge in [0.2, 0.25) is 0 Å². The molecular weight excluding hydrogens is 394 g/mol. The van der Waals surface area contributed by atoms with E-state index in [0.717, 1.165) is 5.56 Å². The van der Waals surface area contributed by atoms with E-state index in [-0.39, 0.29) is 18.1 Å². The molecule has 0 bridgehead atoms. The maximum absolute atomic E-state index is 12.4. The number of hydrogen-bond donors (Lipinski definition) is 3. The normalized spacial score (nSPS) is 10.6. The van der Waals surface area contributed by atoms with Crippen molar-refractivity contribution < 1.29 is 4.79 Å². The van der Waals surface area contributed by atoms with Crippen LogP contribution in [0.3, 0.4) is 0 Å². The molecule has 0 spiro atoms. The molecule has 31 heavy (non-hydrogen) atoms. The van der Waals surface area contributed by atoms with Crippen molar-refractivity contribution in [3.8, 4) is 17.2 Å². The Morgan fingerprint density at radius 3 is 2.84 bits per heavy atom. The molecule has 156 valence electrons. The van der Waals surface area contributed by atoms with Crippen molar-refractivity contribution >= 4 is 11.7 Å². The van der Waals surface area contributed by atoms with Crippen molar-refractivity contribution in [2.24, 2.45) is 0 Å². The Bertz CT molecular complexity index is 1250. The van der Waals surface area contributed by atoms with E-state index in [9.17, 15) is 9.59 Å². The fourth-order valence-corrected chi connectivity index (χ4v) is 3.09. The zero-order valence-corrected chi connectivity index (χ0v) is 16.9. The van der Waals surface area contributed by atoms with Crippen LogP contribution in [0.5, 0.6) is 0 Å². The molecule has 9 nitrogen and oxygen atoms in total. The van der Waals surface area contributed by atoms with E-state index in [1.54, 1.807) is 41.5 Å². The first kappa shape index (κ1) is 20.0. The van der Waals surface area contributed by atoms with Gasteiger partial charge in [0, 0.05) is 53.7 Å². The molecular formula is C22H21N7O2. The average Bonchev–Trinajstić information content (AvgIpc) is 3.32. The summed E-state index contributed by atoms with van der Waals surface area (Å²) in [6, 6.07) is 13.8. The monoisotopic (exact) mass is 415 g/mol. The van der Waals surface area contributed by atoms with Gasteiger partial charge < -0.3 is 15.6 Å². The molecule has 0 saturated carbocycles. The molecule has 2 amide bonds. The Kier molecular flexibility index (Phi) is 5.84. The Hall–Kier alpha value is -4.27. The molecule has 0 saturated heterocycles. The van der Waals surface area contributed by atoms with E-state index in [0.29, 0.717) is 35.0 Å². The fraction of sp³-hybridized carbons (Fsp3) is 0.136. The molecule has 9 heteroatoms. The second kappa shape index (κ2) is 9.04. The standard InChI is InChI=1S/C22H21N7O2/c1-2-17-13-19(30)28-20(26-17)15-6-3-8-18(12-15)27-22(31)24-14-16-7-4-9-23-21(16)29-11-5-10-25-29/h3-13H,2,14H2,1H3,(H2,24,27,31)(H,26,28,30). The van der Waals surface area contributed by atoms with Gasteiger partial charge in [-0.05, 0) is 30.7 Å². The van der Waals surface area contributed by atoms with Crippen LogP contribution in [0.15, 0.2) is 71.9 Å². The fourth-order valence-electron chi connectivity index (χ4n) is 3.09. The van der Waals surface area contributed by atoms with Crippen LogP contribution >= 0.6 is 0 Å². The first-order valence-electron chi connectivity index (χ1n) is 9.82. The second-order valence-electron chi connectivity index (χ2n) is 6.76. The number of pyridine rings is 1. The number of aromatic nitrogens is 5. The summed E-state index contributed by atoms with van der Waals surface area (Å²) in [6.07, 6.45) is 5.80. The van der Waals surface area contributed by atoms with E-state index in [2.05, 4.69) is 30.7 Å². The molecule has 0 aliphatic rings. The number of urea groups is 1. The summed E-state index contributed by atoms with van der Waals surface area (Å²) in [4.78, 5) is 35.8. The van der Waals surface area contributed by atoms with Gasteiger partial charge in [-0.15, -0.1) is 0 Å². The quantitative estimate of drug-likeness (QED) is 0.448.